The lowest BCUT2D eigenvalue weighted by molar-refractivity contribution is 0.240. The van der Waals surface area contributed by atoms with Crippen LogP contribution < -0.4 is 10.6 Å². The van der Waals surface area contributed by atoms with Crippen LogP contribution in [0.2, 0.25) is 5.02 Å². The minimum Gasteiger partial charge on any atom is -0.327 e. The third kappa shape index (κ3) is 5.37. The zero-order valence-corrected chi connectivity index (χ0v) is 15.4. The van der Waals surface area contributed by atoms with Crippen LogP contribution in [0.5, 0.6) is 0 Å². The Balaban J connectivity index is 1.65. The number of hydrogen-bond acceptors (Lipinski definition) is 1. The van der Waals surface area contributed by atoms with E-state index in [1.165, 1.54) is 0 Å². The number of rotatable bonds is 4. The van der Waals surface area contributed by atoms with E-state index in [0.29, 0.717) is 5.02 Å². The molecule has 2 N–H and O–H groups in total. The van der Waals surface area contributed by atoms with Crippen molar-refractivity contribution in [1.29, 1.82) is 0 Å². The van der Waals surface area contributed by atoms with Crippen molar-refractivity contribution in [1.82, 2.24) is 10.6 Å². The van der Waals surface area contributed by atoms with E-state index >= 15 is 0 Å². The highest BCUT2D eigenvalue weighted by molar-refractivity contribution is 6.31. The van der Waals surface area contributed by atoms with Crippen LogP contribution in [0.4, 0.5) is 4.79 Å². The van der Waals surface area contributed by atoms with Gasteiger partial charge in [0.1, 0.15) is 0 Å². The summed E-state index contributed by atoms with van der Waals surface area (Å²) in [5, 5.41) is 6.39. The SMILES string of the molecule is O=C(NCC#Cc1ccccc1Cl)NC(c1ccccc1)c1ccccc1. The van der Waals surface area contributed by atoms with Gasteiger partial charge < -0.3 is 10.6 Å². The van der Waals surface area contributed by atoms with Gasteiger partial charge in [0, 0.05) is 5.56 Å². The van der Waals surface area contributed by atoms with Crippen molar-refractivity contribution in [3.8, 4) is 11.8 Å². The lowest BCUT2D eigenvalue weighted by Gasteiger charge is -2.19. The lowest BCUT2D eigenvalue weighted by Crippen LogP contribution is -2.38. The van der Waals surface area contributed by atoms with E-state index in [4.69, 9.17) is 11.6 Å². The molecule has 0 bridgehead atoms. The second-order valence-corrected chi connectivity index (χ2v) is 6.27. The first kappa shape index (κ1) is 18.6. The van der Waals surface area contributed by atoms with Crippen LogP contribution in [0.1, 0.15) is 22.7 Å². The molecule has 0 saturated carbocycles. The molecule has 2 amide bonds. The second-order valence-electron chi connectivity index (χ2n) is 5.86. The van der Waals surface area contributed by atoms with Gasteiger partial charge in [0.15, 0.2) is 0 Å². The number of urea groups is 1. The van der Waals surface area contributed by atoms with E-state index in [1.807, 2.05) is 78.9 Å². The Bertz CT molecular complexity index is 907. The summed E-state index contributed by atoms with van der Waals surface area (Å²) in [6.45, 7) is 0.230. The molecule has 3 rings (SSSR count). The number of benzene rings is 3. The standard InChI is InChI=1S/C23H19ClN2O/c24-21-16-8-7-10-18(21)15-9-17-25-23(27)26-22(19-11-3-1-4-12-19)20-13-5-2-6-14-20/h1-8,10-14,16,22H,17H2,(H2,25,26,27). The number of halogens is 1. The number of carbonyl (C=O) groups excluding carboxylic acids is 1. The van der Waals surface area contributed by atoms with Gasteiger partial charge in [0.25, 0.3) is 0 Å². The molecule has 0 spiro atoms. The molecule has 0 atom stereocenters. The van der Waals surface area contributed by atoms with Crippen molar-refractivity contribution in [2.75, 3.05) is 6.54 Å². The summed E-state index contributed by atoms with van der Waals surface area (Å²) >= 11 is 6.07. The molecule has 0 aliphatic rings. The van der Waals surface area contributed by atoms with Gasteiger partial charge in [-0.15, -0.1) is 0 Å². The Kier molecular flexibility index (Phi) is 6.51. The van der Waals surface area contributed by atoms with Crippen molar-refractivity contribution in [3.05, 3.63) is 107 Å². The molecule has 0 heterocycles. The molecule has 0 aliphatic carbocycles. The fraction of sp³-hybridized carbons (Fsp3) is 0.0870. The molecule has 3 aromatic rings. The van der Waals surface area contributed by atoms with Crippen LogP contribution in [-0.4, -0.2) is 12.6 Å². The van der Waals surface area contributed by atoms with Crippen molar-refractivity contribution in [2.24, 2.45) is 0 Å². The first-order valence-corrected chi connectivity index (χ1v) is 8.99. The van der Waals surface area contributed by atoms with Gasteiger partial charge in [-0.05, 0) is 23.3 Å². The lowest BCUT2D eigenvalue weighted by atomic mass is 9.99. The first-order chi connectivity index (χ1) is 13.2. The molecule has 0 aliphatic heterocycles. The number of amides is 2. The molecule has 134 valence electrons. The van der Waals surface area contributed by atoms with Crippen LogP contribution in [0.15, 0.2) is 84.9 Å². The molecule has 27 heavy (non-hydrogen) atoms. The van der Waals surface area contributed by atoms with Gasteiger partial charge in [-0.25, -0.2) is 4.79 Å². The summed E-state index contributed by atoms with van der Waals surface area (Å²) < 4.78 is 0. The minimum atomic E-state index is -0.277. The zero-order valence-electron chi connectivity index (χ0n) is 14.7. The predicted octanol–water partition coefficient (Wildman–Crippen LogP) is 4.78. The summed E-state index contributed by atoms with van der Waals surface area (Å²) in [5.41, 5.74) is 2.77. The quantitative estimate of drug-likeness (QED) is 0.634. The molecule has 0 radical (unpaired) electrons. The maximum Gasteiger partial charge on any atom is 0.316 e. The summed E-state index contributed by atoms with van der Waals surface area (Å²) in [7, 11) is 0. The second kappa shape index (κ2) is 9.47. The van der Waals surface area contributed by atoms with E-state index in [-0.39, 0.29) is 18.6 Å². The summed E-state index contributed by atoms with van der Waals surface area (Å²) in [6, 6.07) is 26.6. The van der Waals surface area contributed by atoms with E-state index in [1.54, 1.807) is 6.07 Å². The molecule has 0 saturated heterocycles. The summed E-state index contributed by atoms with van der Waals surface area (Å²) in [5.74, 6) is 5.88. The maximum atomic E-state index is 12.4. The van der Waals surface area contributed by atoms with Crippen molar-refractivity contribution >= 4 is 17.6 Å². The Hall–Kier alpha value is -3.22. The normalized spacial score (nSPS) is 10.0. The van der Waals surface area contributed by atoms with Gasteiger partial charge in [-0.3, -0.25) is 0 Å². The third-order valence-corrected chi connectivity index (χ3v) is 4.31. The molecule has 0 unspecified atom stereocenters. The fourth-order valence-electron chi connectivity index (χ4n) is 2.66. The maximum absolute atomic E-state index is 12.4. The Morgan fingerprint density at radius 2 is 1.41 bits per heavy atom. The highest BCUT2D eigenvalue weighted by Gasteiger charge is 2.15. The molecule has 3 nitrogen and oxygen atoms in total. The minimum absolute atomic E-state index is 0.230. The smallest absolute Gasteiger partial charge is 0.316 e. The summed E-state index contributed by atoms with van der Waals surface area (Å²) in [6.07, 6.45) is 0. The highest BCUT2D eigenvalue weighted by Crippen LogP contribution is 2.21. The number of carbonyl (C=O) groups is 1. The predicted molar refractivity (Wildman–Crippen MR) is 110 cm³/mol. The molecule has 0 aromatic heterocycles. The van der Waals surface area contributed by atoms with Crippen LogP contribution in [-0.2, 0) is 0 Å². The van der Waals surface area contributed by atoms with Gasteiger partial charge in [0.05, 0.1) is 17.6 Å². The van der Waals surface area contributed by atoms with Crippen molar-refractivity contribution in [3.63, 3.8) is 0 Å². The fourth-order valence-corrected chi connectivity index (χ4v) is 2.84. The van der Waals surface area contributed by atoms with Gasteiger partial charge in [-0.1, -0.05) is 96.2 Å². The van der Waals surface area contributed by atoms with Gasteiger partial charge in [-0.2, -0.15) is 0 Å². The van der Waals surface area contributed by atoms with Crippen LogP contribution in [0.3, 0.4) is 0 Å². The number of hydrogen-bond donors (Lipinski definition) is 2. The van der Waals surface area contributed by atoms with E-state index in [0.717, 1.165) is 16.7 Å². The van der Waals surface area contributed by atoms with Gasteiger partial charge in [0.2, 0.25) is 0 Å². The summed E-state index contributed by atoms with van der Waals surface area (Å²) in [4.78, 5) is 12.4. The topological polar surface area (TPSA) is 41.1 Å². The van der Waals surface area contributed by atoms with Crippen molar-refractivity contribution in [2.45, 2.75) is 6.04 Å². The van der Waals surface area contributed by atoms with Gasteiger partial charge >= 0.3 is 6.03 Å². The van der Waals surface area contributed by atoms with Crippen LogP contribution in [0.25, 0.3) is 0 Å². The monoisotopic (exact) mass is 374 g/mol. The van der Waals surface area contributed by atoms with E-state index in [9.17, 15) is 4.79 Å². The van der Waals surface area contributed by atoms with E-state index < -0.39 is 0 Å². The highest BCUT2D eigenvalue weighted by atomic mass is 35.5. The Morgan fingerprint density at radius 1 is 0.852 bits per heavy atom. The Labute approximate surface area is 164 Å². The average Bonchev–Trinajstić information content (AvgIpc) is 2.72. The number of nitrogens with one attached hydrogen (secondary N) is 2. The van der Waals surface area contributed by atoms with Crippen molar-refractivity contribution < 1.29 is 4.79 Å². The molecule has 4 heteroatoms. The molecule has 3 aromatic carbocycles. The zero-order chi connectivity index (χ0) is 18.9. The largest absolute Gasteiger partial charge is 0.327 e. The van der Waals surface area contributed by atoms with Crippen LogP contribution in [0, 0.1) is 11.8 Å². The van der Waals surface area contributed by atoms with Crippen LogP contribution >= 0.6 is 11.6 Å². The van der Waals surface area contributed by atoms with E-state index in [2.05, 4.69) is 22.5 Å². The molecule has 0 fully saturated rings. The molecular weight excluding hydrogens is 356 g/mol. The average molecular weight is 375 g/mol. The first-order valence-electron chi connectivity index (χ1n) is 8.61. The Morgan fingerprint density at radius 3 is 2.00 bits per heavy atom. The third-order valence-electron chi connectivity index (χ3n) is 3.98. The molecular formula is C23H19ClN2O.